The molecule has 0 aromatic heterocycles. The van der Waals surface area contributed by atoms with E-state index in [9.17, 15) is 4.79 Å². The number of rotatable bonds is 4. The highest BCUT2D eigenvalue weighted by molar-refractivity contribution is 7.80. The van der Waals surface area contributed by atoms with Crippen LogP contribution in [0.2, 0.25) is 5.02 Å². The van der Waals surface area contributed by atoms with E-state index in [1.807, 2.05) is 13.8 Å². The third-order valence-corrected chi connectivity index (χ3v) is 2.78. The molecule has 0 saturated carbocycles. The van der Waals surface area contributed by atoms with Crippen molar-refractivity contribution in [3.8, 4) is 0 Å². The maximum Gasteiger partial charge on any atom is 0.339 e. The number of ether oxygens (including phenoxy) is 1. The van der Waals surface area contributed by atoms with Crippen molar-refractivity contribution < 1.29 is 9.53 Å². The summed E-state index contributed by atoms with van der Waals surface area (Å²) in [6.45, 7) is 3.92. The van der Waals surface area contributed by atoms with Gasteiger partial charge in [0.1, 0.15) is 0 Å². The normalized spacial score (nSPS) is 12.2. The molecule has 0 fully saturated rings. The summed E-state index contributed by atoms with van der Waals surface area (Å²) in [7, 11) is 0. The molecule has 1 unspecified atom stereocenters. The van der Waals surface area contributed by atoms with Gasteiger partial charge in [-0.1, -0.05) is 24.9 Å². The topological polar surface area (TPSA) is 26.3 Å². The smallest absolute Gasteiger partial charge is 0.339 e. The molecule has 0 aliphatic heterocycles. The molecule has 0 spiro atoms. The Balaban J connectivity index is 2.76. The summed E-state index contributed by atoms with van der Waals surface area (Å²) in [5, 5.41) is 0.395. The highest BCUT2D eigenvalue weighted by Gasteiger charge is 2.14. The van der Waals surface area contributed by atoms with Crippen LogP contribution in [0.3, 0.4) is 0 Å². The largest absolute Gasteiger partial charge is 0.459 e. The van der Waals surface area contributed by atoms with Crippen LogP contribution < -0.4 is 0 Å². The number of thiol groups is 1. The van der Waals surface area contributed by atoms with Gasteiger partial charge in [-0.25, -0.2) is 4.79 Å². The van der Waals surface area contributed by atoms with Crippen molar-refractivity contribution in [1.82, 2.24) is 0 Å². The van der Waals surface area contributed by atoms with Crippen LogP contribution in [0.5, 0.6) is 0 Å². The third-order valence-electron chi connectivity index (χ3n) is 2.17. The lowest BCUT2D eigenvalue weighted by Gasteiger charge is -2.12. The number of hydrogen-bond donors (Lipinski definition) is 1. The second kappa shape index (κ2) is 6.16. The van der Waals surface area contributed by atoms with Crippen LogP contribution in [0.4, 0.5) is 0 Å². The minimum absolute atomic E-state index is 0.0860. The van der Waals surface area contributed by atoms with Gasteiger partial charge in [0.2, 0.25) is 0 Å². The molecule has 88 valence electrons. The number of hydrogen-bond acceptors (Lipinski definition) is 3. The van der Waals surface area contributed by atoms with Crippen LogP contribution in [0, 0.1) is 0 Å². The molecule has 1 aromatic carbocycles. The zero-order chi connectivity index (χ0) is 12.1. The predicted molar refractivity (Wildman–Crippen MR) is 68.5 cm³/mol. The molecule has 4 heteroatoms. The lowest BCUT2D eigenvalue weighted by atomic mass is 10.2. The van der Waals surface area contributed by atoms with Gasteiger partial charge in [0.05, 0.1) is 16.7 Å². The molecule has 0 N–H and O–H groups in total. The fourth-order valence-electron chi connectivity index (χ4n) is 1.38. The predicted octanol–water partition coefficient (Wildman–Crippen LogP) is 3.97. The number of benzene rings is 1. The maximum atomic E-state index is 11.8. The van der Waals surface area contributed by atoms with E-state index in [1.165, 1.54) is 0 Å². The molecule has 0 amide bonds. The molecule has 0 aliphatic carbocycles. The Morgan fingerprint density at radius 2 is 2.25 bits per heavy atom. The van der Waals surface area contributed by atoms with Crippen molar-refractivity contribution in [1.29, 1.82) is 0 Å². The van der Waals surface area contributed by atoms with Crippen molar-refractivity contribution in [3.05, 3.63) is 28.8 Å². The van der Waals surface area contributed by atoms with Crippen LogP contribution in [0.1, 0.15) is 37.0 Å². The van der Waals surface area contributed by atoms with Crippen LogP contribution in [-0.4, -0.2) is 12.1 Å². The zero-order valence-electron chi connectivity index (χ0n) is 9.37. The lowest BCUT2D eigenvalue weighted by molar-refractivity contribution is 0.0323. The van der Waals surface area contributed by atoms with Gasteiger partial charge < -0.3 is 4.74 Å². The van der Waals surface area contributed by atoms with Crippen molar-refractivity contribution in [2.24, 2.45) is 0 Å². The Hall–Kier alpha value is -0.670. The summed E-state index contributed by atoms with van der Waals surface area (Å²) in [6, 6.07) is 5.00. The fourth-order valence-corrected chi connectivity index (χ4v) is 1.78. The molecule has 0 bridgehead atoms. The fraction of sp³-hybridized carbons (Fsp3) is 0.417. The molecule has 0 radical (unpaired) electrons. The van der Waals surface area contributed by atoms with Gasteiger partial charge >= 0.3 is 5.97 Å². The minimum Gasteiger partial charge on any atom is -0.459 e. The molecule has 0 saturated heterocycles. The first kappa shape index (κ1) is 13.4. The van der Waals surface area contributed by atoms with E-state index in [2.05, 4.69) is 12.6 Å². The molecule has 1 atom stereocenters. The molecular formula is C12H15ClO2S. The summed E-state index contributed by atoms with van der Waals surface area (Å²) < 4.78 is 5.26. The van der Waals surface area contributed by atoms with Crippen LogP contribution in [-0.2, 0) is 4.74 Å². The molecule has 0 heterocycles. The van der Waals surface area contributed by atoms with Crippen molar-refractivity contribution >= 4 is 30.2 Å². The molecule has 1 rings (SSSR count). The first-order chi connectivity index (χ1) is 7.54. The molecule has 0 aliphatic rings. The van der Waals surface area contributed by atoms with E-state index >= 15 is 0 Å². The maximum absolute atomic E-state index is 11.8. The average Bonchev–Trinajstić information content (AvgIpc) is 2.21. The number of carbonyl (C=O) groups is 1. The molecule has 16 heavy (non-hydrogen) atoms. The first-order valence-electron chi connectivity index (χ1n) is 5.24. The molecule has 1 aromatic rings. The van der Waals surface area contributed by atoms with Crippen LogP contribution in [0.25, 0.3) is 0 Å². The quantitative estimate of drug-likeness (QED) is 0.653. The van der Waals surface area contributed by atoms with E-state index in [4.69, 9.17) is 16.3 Å². The van der Waals surface area contributed by atoms with Crippen LogP contribution >= 0.6 is 24.2 Å². The highest BCUT2D eigenvalue weighted by Crippen LogP contribution is 2.21. The summed E-state index contributed by atoms with van der Waals surface area (Å²) in [4.78, 5) is 12.5. The SMILES string of the molecule is CCCC(C)OC(=O)c1cc(S)ccc1Cl. The van der Waals surface area contributed by atoms with Gasteiger partial charge in [0, 0.05) is 4.90 Å². The average molecular weight is 259 g/mol. The van der Waals surface area contributed by atoms with E-state index in [1.54, 1.807) is 18.2 Å². The van der Waals surface area contributed by atoms with Crippen LogP contribution in [0.15, 0.2) is 23.1 Å². The number of carbonyl (C=O) groups excluding carboxylic acids is 1. The standard InChI is InChI=1S/C12H15ClO2S/c1-3-4-8(2)15-12(14)10-7-9(16)5-6-11(10)13/h5-8,16H,3-4H2,1-2H3. The summed E-state index contributed by atoms with van der Waals surface area (Å²) in [5.41, 5.74) is 0.372. The van der Waals surface area contributed by atoms with Gasteiger partial charge in [-0.2, -0.15) is 0 Å². The number of halogens is 1. The van der Waals surface area contributed by atoms with Gasteiger partial charge in [0.15, 0.2) is 0 Å². The third kappa shape index (κ3) is 3.72. The van der Waals surface area contributed by atoms with E-state index in [0.717, 1.165) is 12.8 Å². The summed E-state index contributed by atoms with van der Waals surface area (Å²) >= 11 is 10.1. The van der Waals surface area contributed by atoms with Gasteiger partial charge in [0.25, 0.3) is 0 Å². The van der Waals surface area contributed by atoms with Gasteiger partial charge in [-0.3, -0.25) is 0 Å². The van der Waals surface area contributed by atoms with E-state index in [0.29, 0.717) is 15.5 Å². The summed E-state index contributed by atoms with van der Waals surface area (Å²) in [5.74, 6) is -0.387. The van der Waals surface area contributed by atoms with Crippen molar-refractivity contribution in [3.63, 3.8) is 0 Å². The van der Waals surface area contributed by atoms with Crippen molar-refractivity contribution in [2.75, 3.05) is 0 Å². The Morgan fingerprint density at radius 1 is 1.56 bits per heavy atom. The molecular weight excluding hydrogens is 244 g/mol. The lowest BCUT2D eigenvalue weighted by Crippen LogP contribution is -2.15. The summed E-state index contributed by atoms with van der Waals surface area (Å²) in [6.07, 6.45) is 1.75. The monoisotopic (exact) mass is 258 g/mol. The second-order valence-electron chi connectivity index (χ2n) is 3.67. The Morgan fingerprint density at radius 3 is 2.88 bits per heavy atom. The van der Waals surface area contributed by atoms with E-state index in [-0.39, 0.29) is 12.1 Å². The zero-order valence-corrected chi connectivity index (χ0v) is 11.0. The number of esters is 1. The first-order valence-corrected chi connectivity index (χ1v) is 6.06. The minimum atomic E-state index is -0.387. The Kier molecular flexibility index (Phi) is 5.16. The van der Waals surface area contributed by atoms with Crippen molar-refractivity contribution in [2.45, 2.75) is 37.7 Å². The Labute approximate surface area is 106 Å². The Bertz CT molecular complexity index is 379. The molecule has 2 nitrogen and oxygen atoms in total. The van der Waals surface area contributed by atoms with E-state index < -0.39 is 0 Å². The van der Waals surface area contributed by atoms with Gasteiger partial charge in [-0.05, 0) is 31.5 Å². The van der Waals surface area contributed by atoms with Gasteiger partial charge in [-0.15, -0.1) is 12.6 Å². The second-order valence-corrected chi connectivity index (χ2v) is 4.59. The highest BCUT2D eigenvalue weighted by atomic mass is 35.5.